The van der Waals surface area contributed by atoms with E-state index in [2.05, 4.69) is 19.2 Å². The van der Waals surface area contributed by atoms with E-state index in [1.165, 1.54) is 38.6 Å². The SMILES string of the molecule is CCCCC(C)NCC1CC1. The van der Waals surface area contributed by atoms with Crippen molar-refractivity contribution in [2.24, 2.45) is 5.92 Å². The Hall–Kier alpha value is -0.0400. The summed E-state index contributed by atoms with van der Waals surface area (Å²) in [6, 6.07) is 0.746. The molecule has 0 radical (unpaired) electrons. The van der Waals surface area contributed by atoms with Gasteiger partial charge in [-0.05, 0) is 38.6 Å². The van der Waals surface area contributed by atoms with E-state index in [-0.39, 0.29) is 0 Å². The summed E-state index contributed by atoms with van der Waals surface area (Å²) >= 11 is 0. The molecule has 0 aromatic heterocycles. The summed E-state index contributed by atoms with van der Waals surface area (Å²) in [7, 11) is 0. The largest absolute Gasteiger partial charge is 0.314 e. The van der Waals surface area contributed by atoms with E-state index in [1.54, 1.807) is 0 Å². The fraction of sp³-hybridized carbons (Fsp3) is 1.00. The van der Waals surface area contributed by atoms with Gasteiger partial charge in [-0.1, -0.05) is 19.8 Å². The summed E-state index contributed by atoms with van der Waals surface area (Å²) in [5.74, 6) is 1.03. The molecular weight excluding hydrogens is 134 g/mol. The molecule has 1 aliphatic carbocycles. The molecule has 1 heteroatoms. The van der Waals surface area contributed by atoms with Crippen LogP contribution in [0.2, 0.25) is 0 Å². The van der Waals surface area contributed by atoms with Crippen LogP contribution in [0.3, 0.4) is 0 Å². The third-order valence-electron chi connectivity index (χ3n) is 2.44. The van der Waals surface area contributed by atoms with Gasteiger partial charge in [0.1, 0.15) is 0 Å². The highest BCUT2D eigenvalue weighted by atomic mass is 14.9. The molecule has 0 bridgehead atoms. The van der Waals surface area contributed by atoms with Crippen LogP contribution < -0.4 is 5.32 Å². The molecule has 1 N–H and O–H groups in total. The van der Waals surface area contributed by atoms with Gasteiger partial charge in [-0.15, -0.1) is 0 Å². The monoisotopic (exact) mass is 155 g/mol. The highest BCUT2D eigenvalue weighted by molar-refractivity contribution is 4.76. The Morgan fingerprint density at radius 2 is 2.18 bits per heavy atom. The van der Waals surface area contributed by atoms with Crippen LogP contribution in [0.15, 0.2) is 0 Å². The predicted octanol–water partition coefficient (Wildman–Crippen LogP) is 2.56. The minimum absolute atomic E-state index is 0.746. The third kappa shape index (κ3) is 4.41. The second kappa shape index (κ2) is 4.76. The Morgan fingerprint density at radius 1 is 1.45 bits per heavy atom. The zero-order chi connectivity index (χ0) is 8.10. The molecule has 0 heterocycles. The van der Waals surface area contributed by atoms with E-state index in [0.717, 1.165) is 12.0 Å². The Labute approximate surface area is 70.6 Å². The maximum atomic E-state index is 3.58. The predicted molar refractivity (Wildman–Crippen MR) is 49.7 cm³/mol. The van der Waals surface area contributed by atoms with E-state index >= 15 is 0 Å². The fourth-order valence-corrected chi connectivity index (χ4v) is 1.30. The zero-order valence-corrected chi connectivity index (χ0v) is 7.90. The summed E-state index contributed by atoms with van der Waals surface area (Å²) in [6.45, 7) is 5.83. The summed E-state index contributed by atoms with van der Waals surface area (Å²) in [5.41, 5.74) is 0. The van der Waals surface area contributed by atoms with Gasteiger partial charge in [0, 0.05) is 6.04 Å². The van der Waals surface area contributed by atoms with Crippen LogP contribution in [-0.4, -0.2) is 12.6 Å². The lowest BCUT2D eigenvalue weighted by Gasteiger charge is -2.12. The molecule has 0 aromatic carbocycles. The average molecular weight is 155 g/mol. The van der Waals surface area contributed by atoms with Crippen molar-refractivity contribution in [3.8, 4) is 0 Å². The van der Waals surface area contributed by atoms with Crippen molar-refractivity contribution in [3.63, 3.8) is 0 Å². The van der Waals surface area contributed by atoms with E-state index in [4.69, 9.17) is 0 Å². The molecule has 1 saturated carbocycles. The van der Waals surface area contributed by atoms with Gasteiger partial charge < -0.3 is 5.32 Å². The minimum atomic E-state index is 0.746. The molecule has 0 aliphatic heterocycles. The second-order valence-electron chi connectivity index (χ2n) is 3.89. The van der Waals surface area contributed by atoms with Crippen LogP contribution in [-0.2, 0) is 0 Å². The highest BCUT2D eigenvalue weighted by Crippen LogP contribution is 2.27. The first-order chi connectivity index (χ1) is 5.33. The van der Waals surface area contributed by atoms with Crippen molar-refractivity contribution in [1.82, 2.24) is 5.32 Å². The number of rotatable bonds is 6. The average Bonchev–Trinajstić information content (AvgIpc) is 2.80. The standard InChI is InChI=1S/C10H21N/c1-3-4-5-9(2)11-8-10-6-7-10/h9-11H,3-8H2,1-2H3. The molecule has 1 atom stereocenters. The lowest BCUT2D eigenvalue weighted by atomic mass is 10.1. The van der Waals surface area contributed by atoms with Crippen molar-refractivity contribution >= 4 is 0 Å². The van der Waals surface area contributed by atoms with Crippen molar-refractivity contribution in [2.45, 2.75) is 52.0 Å². The topological polar surface area (TPSA) is 12.0 Å². The Kier molecular flexibility index (Phi) is 3.92. The van der Waals surface area contributed by atoms with Gasteiger partial charge in [0.15, 0.2) is 0 Å². The molecule has 11 heavy (non-hydrogen) atoms. The molecule has 1 fully saturated rings. The molecule has 1 aliphatic rings. The van der Waals surface area contributed by atoms with Crippen LogP contribution in [0.4, 0.5) is 0 Å². The Bertz CT molecular complexity index is 97.0. The van der Waals surface area contributed by atoms with E-state index in [9.17, 15) is 0 Å². The van der Waals surface area contributed by atoms with Gasteiger partial charge in [-0.2, -0.15) is 0 Å². The smallest absolute Gasteiger partial charge is 0.00388 e. The maximum absolute atomic E-state index is 3.58. The van der Waals surface area contributed by atoms with Crippen LogP contribution in [0.5, 0.6) is 0 Å². The maximum Gasteiger partial charge on any atom is 0.00388 e. The summed E-state index contributed by atoms with van der Waals surface area (Å²) in [5, 5.41) is 3.58. The molecule has 1 nitrogen and oxygen atoms in total. The van der Waals surface area contributed by atoms with Crippen LogP contribution in [0, 0.1) is 5.92 Å². The van der Waals surface area contributed by atoms with Crippen molar-refractivity contribution in [1.29, 1.82) is 0 Å². The molecule has 0 amide bonds. The normalized spacial score (nSPS) is 20.2. The van der Waals surface area contributed by atoms with Crippen molar-refractivity contribution in [3.05, 3.63) is 0 Å². The van der Waals surface area contributed by atoms with Crippen LogP contribution >= 0.6 is 0 Å². The van der Waals surface area contributed by atoms with Gasteiger partial charge in [0.25, 0.3) is 0 Å². The molecular formula is C10H21N. The highest BCUT2D eigenvalue weighted by Gasteiger charge is 2.20. The number of hydrogen-bond acceptors (Lipinski definition) is 1. The minimum Gasteiger partial charge on any atom is -0.314 e. The summed E-state index contributed by atoms with van der Waals surface area (Å²) in [4.78, 5) is 0. The van der Waals surface area contributed by atoms with Crippen molar-refractivity contribution < 1.29 is 0 Å². The summed E-state index contributed by atoms with van der Waals surface area (Å²) in [6.07, 6.45) is 6.98. The lowest BCUT2D eigenvalue weighted by Crippen LogP contribution is -2.27. The molecule has 1 rings (SSSR count). The molecule has 1 unspecified atom stereocenters. The van der Waals surface area contributed by atoms with Crippen molar-refractivity contribution in [2.75, 3.05) is 6.54 Å². The van der Waals surface area contributed by atoms with E-state index < -0.39 is 0 Å². The molecule has 0 saturated heterocycles. The molecule has 66 valence electrons. The Morgan fingerprint density at radius 3 is 2.73 bits per heavy atom. The van der Waals surface area contributed by atoms with Gasteiger partial charge in [-0.25, -0.2) is 0 Å². The number of unbranched alkanes of at least 4 members (excludes halogenated alkanes) is 1. The quantitative estimate of drug-likeness (QED) is 0.621. The first-order valence-electron chi connectivity index (χ1n) is 5.06. The van der Waals surface area contributed by atoms with Crippen LogP contribution in [0.1, 0.15) is 46.0 Å². The first-order valence-corrected chi connectivity index (χ1v) is 5.06. The van der Waals surface area contributed by atoms with Gasteiger partial charge in [-0.3, -0.25) is 0 Å². The molecule has 0 aromatic rings. The summed E-state index contributed by atoms with van der Waals surface area (Å²) < 4.78 is 0. The Balaban J connectivity index is 1.87. The fourth-order valence-electron chi connectivity index (χ4n) is 1.30. The lowest BCUT2D eigenvalue weighted by molar-refractivity contribution is 0.483. The second-order valence-corrected chi connectivity index (χ2v) is 3.89. The van der Waals surface area contributed by atoms with Gasteiger partial charge in [0.2, 0.25) is 0 Å². The zero-order valence-electron chi connectivity index (χ0n) is 7.90. The van der Waals surface area contributed by atoms with E-state index in [0.29, 0.717) is 0 Å². The molecule has 0 spiro atoms. The van der Waals surface area contributed by atoms with Crippen LogP contribution in [0.25, 0.3) is 0 Å². The first kappa shape index (κ1) is 9.05. The van der Waals surface area contributed by atoms with Gasteiger partial charge >= 0.3 is 0 Å². The van der Waals surface area contributed by atoms with Gasteiger partial charge in [0.05, 0.1) is 0 Å². The third-order valence-corrected chi connectivity index (χ3v) is 2.44. The van der Waals surface area contributed by atoms with E-state index in [1.807, 2.05) is 0 Å². The number of nitrogens with one attached hydrogen (secondary N) is 1. The number of hydrogen-bond donors (Lipinski definition) is 1.